The summed E-state index contributed by atoms with van der Waals surface area (Å²) in [5.74, 6) is 7.23. The second kappa shape index (κ2) is 8.74. The molecule has 0 atom stereocenters. The number of hydrogen-bond donors (Lipinski definition) is 0. The number of aryl methyl sites for hydroxylation is 1. The third-order valence-electron chi connectivity index (χ3n) is 3.40. The maximum atomic E-state index is 5.14. The van der Waals surface area contributed by atoms with Crippen molar-refractivity contribution in [3.05, 3.63) is 77.4 Å². The van der Waals surface area contributed by atoms with Crippen molar-refractivity contribution in [2.24, 2.45) is 0 Å². The number of allylic oxidation sites excluding steroid dienone is 2. The van der Waals surface area contributed by atoms with Gasteiger partial charge in [0.1, 0.15) is 5.75 Å². The number of benzene rings is 2. The molecule has 22 heavy (non-hydrogen) atoms. The van der Waals surface area contributed by atoms with E-state index in [2.05, 4.69) is 55.2 Å². The second-order valence-electron chi connectivity index (χ2n) is 5.09. The summed E-state index contributed by atoms with van der Waals surface area (Å²) in [7, 11) is 1.67. The van der Waals surface area contributed by atoms with E-state index in [9.17, 15) is 0 Å². The van der Waals surface area contributed by atoms with E-state index in [0.717, 1.165) is 36.1 Å². The molecule has 0 saturated heterocycles. The van der Waals surface area contributed by atoms with Crippen molar-refractivity contribution in [1.82, 2.24) is 0 Å². The minimum absolute atomic E-state index is 0.854. The molecule has 0 fully saturated rings. The van der Waals surface area contributed by atoms with E-state index in [4.69, 9.17) is 4.74 Å². The summed E-state index contributed by atoms with van der Waals surface area (Å²) in [6.07, 6.45) is 7.76. The third-order valence-corrected chi connectivity index (χ3v) is 3.40. The van der Waals surface area contributed by atoms with Gasteiger partial charge in [0.05, 0.1) is 7.11 Å². The van der Waals surface area contributed by atoms with E-state index >= 15 is 0 Å². The Morgan fingerprint density at radius 3 is 2.00 bits per heavy atom. The first-order valence-corrected chi connectivity index (χ1v) is 7.72. The van der Waals surface area contributed by atoms with E-state index in [1.807, 2.05) is 24.3 Å². The van der Waals surface area contributed by atoms with Crippen LogP contribution >= 0.6 is 0 Å². The highest BCUT2D eigenvalue weighted by Gasteiger charge is 1.93. The second-order valence-corrected chi connectivity index (χ2v) is 5.09. The van der Waals surface area contributed by atoms with Gasteiger partial charge in [0.15, 0.2) is 0 Å². The maximum Gasteiger partial charge on any atom is 0.118 e. The largest absolute Gasteiger partial charge is 0.497 e. The Bertz CT molecular complexity index is 652. The van der Waals surface area contributed by atoms with Crippen LogP contribution in [-0.2, 0) is 6.42 Å². The first kappa shape index (κ1) is 15.9. The molecule has 1 heteroatoms. The van der Waals surface area contributed by atoms with Crippen LogP contribution < -0.4 is 4.74 Å². The standard InChI is InChI=1S/C21H22O/c1-3-4-5-6-7-18-8-10-19(11-9-18)12-13-20-14-16-21(22-2)17-15-20/h4-5,8-11,14-17H,3,6-7H2,1-2H3. The molecule has 0 N–H and O–H groups in total. The molecule has 2 rings (SSSR count). The average molecular weight is 290 g/mol. The van der Waals surface area contributed by atoms with E-state index in [0.29, 0.717) is 0 Å². The molecule has 0 aliphatic heterocycles. The Hall–Kier alpha value is -2.46. The first-order chi connectivity index (χ1) is 10.8. The Labute approximate surface area is 133 Å². The molecule has 2 aromatic carbocycles. The van der Waals surface area contributed by atoms with E-state index in [-0.39, 0.29) is 0 Å². The van der Waals surface area contributed by atoms with Gasteiger partial charge < -0.3 is 4.74 Å². The Morgan fingerprint density at radius 2 is 1.45 bits per heavy atom. The van der Waals surface area contributed by atoms with Crippen molar-refractivity contribution in [2.75, 3.05) is 7.11 Å². The highest BCUT2D eigenvalue weighted by molar-refractivity contribution is 5.44. The lowest BCUT2D eigenvalue weighted by Crippen LogP contribution is -1.84. The molecular weight excluding hydrogens is 268 g/mol. The molecule has 0 unspecified atom stereocenters. The van der Waals surface area contributed by atoms with Crippen LogP contribution in [0.15, 0.2) is 60.7 Å². The lowest BCUT2D eigenvalue weighted by Gasteiger charge is -1.99. The Kier molecular flexibility index (Phi) is 6.33. The van der Waals surface area contributed by atoms with Crippen molar-refractivity contribution >= 4 is 0 Å². The minimum Gasteiger partial charge on any atom is -0.497 e. The molecule has 0 aliphatic rings. The number of rotatable bonds is 5. The quantitative estimate of drug-likeness (QED) is 0.556. The minimum atomic E-state index is 0.854. The Morgan fingerprint density at radius 1 is 0.864 bits per heavy atom. The van der Waals surface area contributed by atoms with Crippen LogP contribution in [-0.4, -0.2) is 7.11 Å². The normalized spacial score (nSPS) is 10.3. The van der Waals surface area contributed by atoms with Crippen LogP contribution in [0.2, 0.25) is 0 Å². The Balaban J connectivity index is 1.96. The highest BCUT2D eigenvalue weighted by atomic mass is 16.5. The van der Waals surface area contributed by atoms with E-state index < -0.39 is 0 Å². The van der Waals surface area contributed by atoms with Gasteiger partial charge in [0.2, 0.25) is 0 Å². The summed E-state index contributed by atoms with van der Waals surface area (Å²) >= 11 is 0. The summed E-state index contributed by atoms with van der Waals surface area (Å²) in [6.45, 7) is 2.16. The SMILES string of the molecule is CCC=CCCc1ccc(C#Cc2ccc(OC)cc2)cc1. The van der Waals surface area contributed by atoms with Gasteiger partial charge in [-0.2, -0.15) is 0 Å². The summed E-state index contributed by atoms with van der Waals surface area (Å²) in [6, 6.07) is 16.3. The molecule has 0 aromatic heterocycles. The molecule has 0 saturated carbocycles. The van der Waals surface area contributed by atoms with Crippen molar-refractivity contribution in [3.8, 4) is 17.6 Å². The van der Waals surface area contributed by atoms with Crippen LogP contribution in [0.4, 0.5) is 0 Å². The lowest BCUT2D eigenvalue weighted by molar-refractivity contribution is 0.415. The van der Waals surface area contributed by atoms with Gasteiger partial charge in [-0.3, -0.25) is 0 Å². The van der Waals surface area contributed by atoms with Crippen molar-refractivity contribution < 1.29 is 4.74 Å². The molecule has 112 valence electrons. The van der Waals surface area contributed by atoms with E-state index in [1.54, 1.807) is 7.11 Å². The van der Waals surface area contributed by atoms with Crippen molar-refractivity contribution in [3.63, 3.8) is 0 Å². The fourth-order valence-corrected chi connectivity index (χ4v) is 2.11. The molecule has 0 heterocycles. The van der Waals surface area contributed by atoms with Gasteiger partial charge in [-0.25, -0.2) is 0 Å². The van der Waals surface area contributed by atoms with Gasteiger partial charge in [0.25, 0.3) is 0 Å². The predicted octanol–water partition coefficient (Wildman–Crippen LogP) is 4.99. The van der Waals surface area contributed by atoms with Crippen LogP contribution in [0.3, 0.4) is 0 Å². The molecule has 0 amide bonds. The molecule has 0 bridgehead atoms. The third kappa shape index (κ3) is 5.14. The molecule has 2 aromatic rings. The van der Waals surface area contributed by atoms with Crippen LogP contribution in [0.5, 0.6) is 5.75 Å². The summed E-state index contributed by atoms with van der Waals surface area (Å²) in [5.41, 5.74) is 3.40. The fraction of sp³-hybridized carbons (Fsp3) is 0.238. The monoisotopic (exact) mass is 290 g/mol. The topological polar surface area (TPSA) is 9.23 Å². The van der Waals surface area contributed by atoms with Crippen molar-refractivity contribution in [2.45, 2.75) is 26.2 Å². The van der Waals surface area contributed by atoms with Gasteiger partial charge in [-0.15, -0.1) is 0 Å². The summed E-state index contributed by atoms with van der Waals surface area (Å²) < 4.78 is 5.14. The number of methoxy groups -OCH3 is 1. The smallest absolute Gasteiger partial charge is 0.118 e. The van der Waals surface area contributed by atoms with Gasteiger partial charge in [0, 0.05) is 11.1 Å². The zero-order valence-electron chi connectivity index (χ0n) is 13.3. The molecule has 1 nitrogen and oxygen atoms in total. The molecule has 0 aliphatic carbocycles. The highest BCUT2D eigenvalue weighted by Crippen LogP contribution is 2.11. The zero-order chi connectivity index (χ0) is 15.6. The average Bonchev–Trinajstić information content (AvgIpc) is 2.58. The zero-order valence-corrected chi connectivity index (χ0v) is 13.3. The lowest BCUT2D eigenvalue weighted by atomic mass is 10.1. The first-order valence-electron chi connectivity index (χ1n) is 7.72. The summed E-state index contributed by atoms with van der Waals surface area (Å²) in [5, 5.41) is 0. The predicted molar refractivity (Wildman–Crippen MR) is 93.2 cm³/mol. The van der Waals surface area contributed by atoms with E-state index in [1.165, 1.54) is 5.56 Å². The molecular formula is C21H22O. The number of hydrogen-bond acceptors (Lipinski definition) is 1. The summed E-state index contributed by atoms with van der Waals surface area (Å²) in [4.78, 5) is 0. The fourth-order valence-electron chi connectivity index (χ4n) is 2.11. The van der Waals surface area contributed by atoms with Gasteiger partial charge >= 0.3 is 0 Å². The van der Waals surface area contributed by atoms with Gasteiger partial charge in [-0.1, -0.05) is 43.0 Å². The maximum absolute atomic E-state index is 5.14. The van der Waals surface area contributed by atoms with Gasteiger partial charge in [-0.05, 0) is 61.2 Å². The molecule has 0 radical (unpaired) electrons. The number of ether oxygens (including phenoxy) is 1. The molecule has 0 spiro atoms. The van der Waals surface area contributed by atoms with Crippen LogP contribution in [0.1, 0.15) is 36.5 Å². The van der Waals surface area contributed by atoms with Crippen molar-refractivity contribution in [1.29, 1.82) is 0 Å². The van der Waals surface area contributed by atoms with Crippen LogP contribution in [0, 0.1) is 11.8 Å². The van der Waals surface area contributed by atoms with Crippen LogP contribution in [0.25, 0.3) is 0 Å².